The highest BCUT2D eigenvalue weighted by Crippen LogP contribution is 2.18. The lowest BCUT2D eigenvalue weighted by Crippen LogP contribution is -2.30. The number of rotatable bonds is 8. The molecule has 0 aliphatic heterocycles. The van der Waals surface area contributed by atoms with Gasteiger partial charge in [-0.3, -0.25) is 4.79 Å². The lowest BCUT2D eigenvalue weighted by Gasteiger charge is -2.18. The third-order valence-corrected chi connectivity index (χ3v) is 6.51. The largest absolute Gasteiger partial charge is 0.376 e. The van der Waals surface area contributed by atoms with E-state index in [1.165, 1.54) is 9.87 Å². The van der Waals surface area contributed by atoms with Gasteiger partial charge in [-0.2, -0.15) is 4.31 Å². The van der Waals surface area contributed by atoms with Gasteiger partial charge in [0.1, 0.15) is 0 Å². The van der Waals surface area contributed by atoms with Crippen molar-refractivity contribution in [3.8, 4) is 0 Å². The Balaban J connectivity index is 1.96. The molecule has 0 aliphatic carbocycles. The normalized spacial score (nSPS) is 11.4. The SMILES string of the molecule is CCN(CC)S(=O)(=O)c1ccc(NCC(=O)Nc2ccc(C)c(C)c2)cc1. The number of sulfonamides is 1. The maximum absolute atomic E-state index is 12.5. The van der Waals surface area contributed by atoms with E-state index in [0.29, 0.717) is 18.8 Å². The van der Waals surface area contributed by atoms with Crippen LogP contribution in [0.4, 0.5) is 11.4 Å². The Kier molecular flexibility index (Phi) is 6.98. The molecule has 2 aromatic carbocycles. The molecule has 146 valence electrons. The van der Waals surface area contributed by atoms with Gasteiger partial charge in [0.25, 0.3) is 0 Å². The quantitative estimate of drug-likeness (QED) is 0.725. The maximum atomic E-state index is 12.5. The number of benzene rings is 2. The monoisotopic (exact) mass is 389 g/mol. The highest BCUT2D eigenvalue weighted by Gasteiger charge is 2.21. The van der Waals surface area contributed by atoms with Crippen molar-refractivity contribution in [2.45, 2.75) is 32.6 Å². The Morgan fingerprint density at radius 1 is 0.926 bits per heavy atom. The summed E-state index contributed by atoms with van der Waals surface area (Å²) in [5.74, 6) is -0.168. The van der Waals surface area contributed by atoms with E-state index in [1.807, 2.05) is 45.9 Å². The number of hydrogen-bond donors (Lipinski definition) is 2. The number of carbonyl (C=O) groups excluding carboxylic acids is 1. The van der Waals surface area contributed by atoms with Gasteiger partial charge in [0.15, 0.2) is 0 Å². The molecule has 2 N–H and O–H groups in total. The molecule has 0 aliphatic rings. The first-order chi connectivity index (χ1) is 12.8. The van der Waals surface area contributed by atoms with Crippen molar-refractivity contribution in [1.29, 1.82) is 0 Å². The first-order valence-corrected chi connectivity index (χ1v) is 10.4. The van der Waals surface area contributed by atoms with E-state index >= 15 is 0 Å². The van der Waals surface area contributed by atoms with Crippen LogP contribution < -0.4 is 10.6 Å². The number of nitrogens with one attached hydrogen (secondary N) is 2. The second-order valence-electron chi connectivity index (χ2n) is 6.31. The Morgan fingerprint density at radius 2 is 1.52 bits per heavy atom. The maximum Gasteiger partial charge on any atom is 0.243 e. The summed E-state index contributed by atoms with van der Waals surface area (Å²) in [5, 5.41) is 5.85. The van der Waals surface area contributed by atoms with Crippen LogP contribution in [0.25, 0.3) is 0 Å². The summed E-state index contributed by atoms with van der Waals surface area (Å²) < 4.78 is 26.3. The summed E-state index contributed by atoms with van der Waals surface area (Å²) in [4.78, 5) is 12.3. The number of amides is 1. The molecule has 0 heterocycles. The van der Waals surface area contributed by atoms with Crippen molar-refractivity contribution >= 4 is 27.3 Å². The number of nitrogens with zero attached hydrogens (tertiary/aromatic N) is 1. The average Bonchev–Trinajstić information content (AvgIpc) is 2.64. The number of hydrogen-bond acceptors (Lipinski definition) is 4. The standard InChI is InChI=1S/C20H27N3O3S/c1-5-23(6-2)27(25,26)19-11-9-17(10-12-19)21-14-20(24)22-18-8-7-15(3)16(4)13-18/h7-13,21H,5-6,14H2,1-4H3,(H,22,24). The van der Waals surface area contributed by atoms with Gasteiger partial charge in [0.2, 0.25) is 15.9 Å². The molecular weight excluding hydrogens is 362 g/mol. The fourth-order valence-corrected chi connectivity index (χ4v) is 4.12. The summed E-state index contributed by atoms with van der Waals surface area (Å²) in [6, 6.07) is 12.2. The second kappa shape index (κ2) is 9.01. The van der Waals surface area contributed by atoms with E-state index in [4.69, 9.17) is 0 Å². The average molecular weight is 390 g/mol. The predicted molar refractivity (Wildman–Crippen MR) is 110 cm³/mol. The molecule has 0 unspecified atom stereocenters. The number of aryl methyl sites for hydroxylation is 2. The van der Waals surface area contributed by atoms with Crippen LogP contribution in [-0.2, 0) is 14.8 Å². The Bertz CT molecular complexity index is 889. The van der Waals surface area contributed by atoms with Crippen molar-refractivity contribution in [2.24, 2.45) is 0 Å². The Morgan fingerprint density at radius 3 is 2.07 bits per heavy atom. The van der Waals surface area contributed by atoms with E-state index < -0.39 is 10.0 Å². The number of carbonyl (C=O) groups is 1. The van der Waals surface area contributed by atoms with Gasteiger partial charge >= 0.3 is 0 Å². The van der Waals surface area contributed by atoms with Crippen LogP contribution in [0.5, 0.6) is 0 Å². The third kappa shape index (κ3) is 5.30. The summed E-state index contributed by atoms with van der Waals surface area (Å²) in [5.41, 5.74) is 3.73. The van der Waals surface area contributed by atoms with Crippen molar-refractivity contribution < 1.29 is 13.2 Å². The highest BCUT2D eigenvalue weighted by atomic mass is 32.2. The summed E-state index contributed by atoms with van der Waals surface area (Å²) >= 11 is 0. The van der Waals surface area contributed by atoms with E-state index in [1.54, 1.807) is 24.3 Å². The fraction of sp³-hybridized carbons (Fsp3) is 0.350. The zero-order valence-electron chi connectivity index (χ0n) is 16.2. The molecule has 0 atom stereocenters. The number of anilines is 2. The molecule has 2 rings (SSSR count). The van der Waals surface area contributed by atoms with Crippen LogP contribution in [0.3, 0.4) is 0 Å². The molecule has 0 saturated carbocycles. The molecule has 0 bridgehead atoms. The van der Waals surface area contributed by atoms with E-state index in [-0.39, 0.29) is 17.3 Å². The highest BCUT2D eigenvalue weighted by molar-refractivity contribution is 7.89. The van der Waals surface area contributed by atoms with Crippen molar-refractivity contribution in [2.75, 3.05) is 30.3 Å². The van der Waals surface area contributed by atoms with Crippen LogP contribution >= 0.6 is 0 Å². The molecule has 0 saturated heterocycles. The first kappa shape index (κ1) is 20.9. The van der Waals surface area contributed by atoms with E-state index in [9.17, 15) is 13.2 Å². The summed E-state index contributed by atoms with van der Waals surface area (Å²) in [6.07, 6.45) is 0. The van der Waals surface area contributed by atoms with Gasteiger partial charge in [0.05, 0.1) is 11.4 Å². The van der Waals surface area contributed by atoms with Crippen LogP contribution in [0.2, 0.25) is 0 Å². The van der Waals surface area contributed by atoms with Gasteiger partial charge in [-0.25, -0.2) is 8.42 Å². The molecular formula is C20H27N3O3S. The van der Waals surface area contributed by atoms with Gasteiger partial charge in [-0.05, 0) is 61.4 Å². The van der Waals surface area contributed by atoms with Crippen LogP contribution in [-0.4, -0.2) is 38.3 Å². The molecule has 2 aromatic rings. The molecule has 0 fully saturated rings. The van der Waals surface area contributed by atoms with E-state index in [0.717, 1.165) is 11.3 Å². The van der Waals surface area contributed by atoms with Crippen LogP contribution in [0.15, 0.2) is 47.4 Å². The summed E-state index contributed by atoms with van der Waals surface area (Å²) in [7, 11) is -3.47. The molecule has 7 heteroatoms. The minimum Gasteiger partial charge on any atom is -0.376 e. The minimum absolute atomic E-state index is 0.0923. The molecule has 0 radical (unpaired) electrons. The Hall–Kier alpha value is -2.38. The lowest BCUT2D eigenvalue weighted by atomic mass is 10.1. The Labute approximate surface area is 161 Å². The zero-order valence-corrected chi connectivity index (χ0v) is 17.1. The smallest absolute Gasteiger partial charge is 0.243 e. The first-order valence-electron chi connectivity index (χ1n) is 8.99. The molecule has 6 nitrogen and oxygen atoms in total. The van der Waals surface area contributed by atoms with Gasteiger partial charge < -0.3 is 10.6 Å². The van der Waals surface area contributed by atoms with Crippen molar-refractivity contribution in [3.63, 3.8) is 0 Å². The molecule has 1 amide bonds. The topological polar surface area (TPSA) is 78.5 Å². The van der Waals surface area contributed by atoms with Crippen LogP contribution in [0.1, 0.15) is 25.0 Å². The van der Waals surface area contributed by atoms with Gasteiger partial charge in [-0.1, -0.05) is 19.9 Å². The zero-order chi connectivity index (χ0) is 20.0. The van der Waals surface area contributed by atoms with Gasteiger partial charge in [-0.15, -0.1) is 0 Å². The fourth-order valence-electron chi connectivity index (χ4n) is 2.66. The molecule has 27 heavy (non-hydrogen) atoms. The van der Waals surface area contributed by atoms with Crippen molar-refractivity contribution in [3.05, 3.63) is 53.6 Å². The molecule has 0 spiro atoms. The second-order valence-corrected chi connectivity index (χ2v) is 8.25. The van der Waals surface area contributed by atoms with E-state index in [2.05, 4.69) is 10.6 Å². The molecule has 0 aromatic heterocycles. The summed E-state index contributed by atoms with van der Waals surface area (Å²) in [6.45, 7) is 8.59. The third-order valence-electron chi connectivity index (χ3n) is 4.44. The predicted octanol–water partition coefficient (Wildman–Crippen LogP) is 3.38. The van der Waals surface area contributed by atoms with Crippen LogP contribution in [0, 0.1) is 13.8 Å². The lowest BCUT2D eigenvalue weighted by molar-refractivity contribution is -0.114. The minimum atomic E-state index is -3.47. The van der Waals surface area contributed by atoms with Gasteiger partial charge in [0, 0.05) is 24.5 Å². The van der Waals surface area contributed by atoms with Crippen molar-refractivity contribution in [1.82, 2.24) is 4.31 Å².